The minimum Gasteiger partial charge on any atom is -0.371 e. The predicted octanol–water partition coefficient (Wildman–Crippen LogP) is 5.42. The van der Waals surface area contributed by atoms with Crippen molar-refractivity contribution in [3.63, 3.8) is 0 Å². The first kappa shape index (κ1) is 22.2. The molecule has 0 bridgehead atoms. The van der Waals surface area contributed by atoms with Crippen LogP contribution in [0.4, 0.5) is 17.3 Å². The first-order chi connectivity index (χ1) is 15.0. The summed E-state index contributed by atoms with van der Waals surface area (Å²) < 4.78 is 0. The first-order valence-electron chi connectivity index (χ1n) is 10.00. The molecule has 8 heteroatoms. The van der Waals surface area contributed by atoms with Crippen molar-refractivity contribution >= 4 is 40.9 Å². The molecule has 0 saturated heterocycles. The molecule has 3 rings (SSSR count). The van der Waals surface area contributed by atoms with Gasteiger partial charge in [-0.2, -0.15) is 0 Å². The number of aromatic nitrogens is 3. The maximum Gasteiger partial charge on any atom is 0.257 e. The number of halogens is 1. The van der Waals surface area contributed by atoms with E-state index in [1.165, 1.54) is 12.4 Å². The van der Waals surface area contributed by atoms with Crippen LogP contribution in [0.1, 0.15) is 47.9 Å². The van der Waals surface area contributed by atoms with Gasteiger partial charge in [-0.05, 0) is 43.2 Å². The van der Waals surface area contributed by atoms with Crippen LogP contribution >= 0.6 is 11.6 Å². The van der Waals surface area contributed by atoms with Gasteiger partial charge in [0.15, 0.2) is 5.82 Å². The maximum atomic E-state index is 12.5. The summed E-state index contributed by atoms with van der Waals surface area (Å²) in [5.74, 6) is 1.09. The Balaban J connectivity index is 1.72. The fraction of sp³-hybridized carbons (Fsp3) is 0.217. The van der Waals surface area contributed by atoms with Gasteiger partial charge in [0, 0.05) is 25.1 Å². The largest absolute Gasteiger partial charge is 0.371 e. The van der Waals surface area contributed by atoms with Crippen LogP contribution in [0.25, 0.3) is 6.08 Å². The second-order valence-corrected chi connectivity index (χ2v) is 7.32. The van der Waals surface area contributed by atoms with Crippen molar-refractivity contribution < 1.29 is 4.79 Å². The molecule has 0 saturated carbocycles. The highest BCUT2D eigenvalue weighted by atomic mass is 35.5. The molecule has 2 heterocycles. The monoisotopic (exact) mass is 436 g/mol. The van der Waals surface area contributed by atoms with Crippen LogP contribution in [0.15, 0.2) is 55.0 Å². The average molecular weight is 437 g/mol. The zero-order valence-electron chi connectivity index (χ0n) is 17.7. The number of hydrogen-bond donors (Lipinski definition) is 3. The van der Waals surface area contributed by atoms with E-state index in [4.69, 9.17) is 11.6 Å². The molecule has 31 heavy (non-hydrogen) atoms. The zero-order valence-corrected chi connectivity index (χ0v) is 18.4. The van der Waals surface area contributed by atoms with Gasteiger partial charge >= 0.3 is 0 Å². The van der Waals surface area contributed by atoms with Gasteiger partial charge in [0.1, 0.15) is 11.5 Å². The Morgan fingerprint density at radius 3 is 2.81 bits per heavy atom. The first-order valence-corrected chi connectivity index (χ1v) is 10.4. The molecule has 1 amide bonds. The number of pyridine rings is 1. The summed E-state index contributed by atoms with van der Waals surface area (Å²) in [6.45, 7) is 4.09. The molecular weight excluding hydrogens is 412 g/mol. The highest BCUT2D eigenvalue weighted by Crippen LogP contribution is 2.23. The quantitative estimate of drug-likeness (QED) is 0.437. The smallest absolute Gasteiger partial charge is 0.257 e. The number of rotatable bonds is 8. The lowest BCUT2D eigenvalue weighted by atomic mass is 10.1. The summed E-state index contributed by atoms with van der Waals surface area (Å²) in [6, 6.07) is 9.15. The summed E-state index contributed by atoms with van der Waals surface area (Å²) in [4.78, 5) is 25.5. The van der Waals surface area contributed by atoms with Gasteiger partial charge in [-0.25, -0.2) is 9.97 Å². The molecule has 1 unspecified atom stereocenters. The van der Waals surface area contributed by atoms with E-state index in [1.807, 2.05) is 50.4 Å². The SMILES string of the molecule is CC/C=C/c1ncc(NC(C)c2cccc(NC(=O)c3cncc(Cl)c3)c2)nc1NC. The Bertz CT molecular complexity index is 1090. The van der Waals surface area contributed by atoms with Crippen LogP contribution in [-0.4, -0.2) is 27.9 Å². The van der Waals surface area contributed by atoms with Gasteiger partial charge < -0.3 is 16.0 Å². The average Bonchev–Trinajstić information content (AvgIpc) is 2.78. The third kappa shape index (κ3) is 6.02. The third-order valence-electron chi connectivity index (χ3n) is 4.52. The third-order valence-corrected chi connectivity index (χ3v) is 4.73. The van der Waals surface area contributed by atoms with E-state index in [9.17, 15) is 4.79 Å². The topological polar surface area (TPSA) is 91.8 Å². The fourth-order valence-electron chi connectivity index (χ4n) is 2.93. The van der Waals surface area contributed by atoms with E-state index in [1.54, 1.807) is 12.3 Å². The number of allylic oxidation sites excluding steroid dienone is 1. The molecule has 0 radical (unpaired) electrons. The number of benzene rings is 1. The molecule has 2 aromatic heterocycles. The van der Waals surface area contributed by atoms with Gasteiger partial charge in [-0.3, -0.25) is 9.78 Å². The summed E-state index contributed by atoms with van der Waals surface area (Å²) in [7, 11) is 1.82. The molecule has 1 atom stereocenters. The lowest BCUT2D eigenvalue weighted by molar-refractivity contribution is 0.102. The van der Waals surface area contributed by atoms with Gasteiger partial charge in [0.05, 0.1) is 22.8 Å². The van der Waals surface area contributed by atoms with Crippen LogP contribution in [0.3, 0.4) is 0 Å². The summed E-state index contributed by atoms with van der Waals surface area (Å²) in [6.07, 6.45) is 9.61. The fourth-order valence-corrected chi connectivity index (χ4v) is 3.11. The van der Waals surface area contributed by atoms with E-state index in [2.05, 4.69) is 37.8 Å². The Labute approximate surface area is 187 Å². The van der Waals surface area contributed by atoms with Crippen LogP contribution in [0, 0.1) is 0 Å². The van der Waals surface area contributed by atoms with Gasteiger partial charge in [-0.1, -0.05) is 36.7 Å². The molecule has 0 aliphatic carbocycles. The number of carbonyl (C=O) groups excluding carboxylic acids is 1. The molecule has 0 spiro atoms. The Hall–Kier alpha value is -3.45. The molecule has 7 nitrogen and oxygen atoms in total. The van der Waals surface area contributed by atoms with Gasteiger partial charge in [-0.15, -0.1) is 0 Å². The van der Waals surface area contributed by atoms with Crippen LogP contribution in [0.2, 0.25) is 5.02 Å². The van der Waals surface area contributed by atoms with Crippen molar-refractivity contribution in [1.82, 2.24) is 15.0 Å². The Morgan fingerprint density at radius 2 is 2.06 bits per heavy atom. The van der Waals surface area contributed by atoms with E-state index < -0.39 is 0 Å². The van der Waals surface area contributed by atoms with Crippen molar-refractivity contribution in [2.45, 2.75) is 26.3 Å². The molecule has 3 aromatic rings. The van der Waals surface area contributed by atoms with Crippen LogP contribution < -0.4 is 16.0 Å². The number of nitrogens with zero attached hydrogens (tertiary/aromatic N) is 3. The number of nitrogens with one attached hydrogen (secondary N) is 3. The van der Waals surface area contributed by atoms with Crippen molar-refractivity contribution in [2.24, 2.45) is 0 Å². The number of anilines is 3. The second-order valence-electron chi connectivity index (χ2n) is 6.89. The molecule has 0 fully saturated rings. The maximum absolute atomic E-state index is 12.5. The van der Waals surface area contributed by atoms with Crippen molar-refractivity contribution in [1.29, 1.82) is 0 Å². The van der Waals surface area contributed by atoms with Gasteiger partial charge in [0.25, 0.3) is 5.91 Å². The van der Waals surface area contributed by atoms with E-state index >= 15 is 0 Å². The van der Waals surface area contributed by atoms with Crippen molar-refractivity contribution in [2.75, 3.05) is 23.0 Å². The van der Waals surface area contributed by atoms with Crippen molar-refractivity contribution in [3.05, 3.63) is 76.8 Å². The number of amides is 1. The Morgan fingerprint density at radius 1 is 1.23 bits per heavy atom. The molecule has 160 valence electrons. The number of carbonyl (C=O) groups is 1. The second kappa shape index (κ2) is 10.5. The van der Waals surface area contributed by atoms with E-state index in [-0.39, 0.29) is 11.9 Å². The van der Waals surface area contributed by atoms with Crippen LogP contribution in [0.5, 0.6) is 0 Å². The van der Waals surface area contributed by atoms with Crippen molar-refractivity contribution in [3.8, 4) is 0 Å². The van der Waals surface area contributed by atoms with E-state index in [0.29, 0.717) is 27.9 Å². The zero-order chi connectivity index (χ0) is 22.2. The standard InChI is InChI=1S/C23H25ClN6O/c1-4-5-9-20-22(25-3)30-21(14-27-20)28-15(2)16-7-6-8-19(11-16)29-23(31)17-10-18(24)13-26-12-17/h5-15H,4H2,1-3H3,(H,29,31)(H2,25,28,30)/b9-5+. The summed E-state index contributed by atoms with van der Waals surface area (Å²) in [5.41, 5.74) is 2.86. The highest BCUT2D eigenvalue weighted by Gasteiger charge is 2.11. The minimum atomic E-state index is -0.270. The van der Waals surface area contributed by atoms with Gasteiger partial charge in [0.2, 0.25) is 0 Å². The summed E-state index contributed by atoms with van der Waals surface area (Å²) in [5, 5.41) is 9.73. The minimum absolute atomic E-state index is 0.0549. The van der Waals surface area contributed by atoms with Crippen LogP contribution in [-0.2, 0) is 0 Å². The number of hydrogen-bond acceptors (Lipinski definition) is 6. The lowest BCUT2D eigenvalue weighted by Crippen LogP contribution is -2.13. The molecule has 1 aromatic carbocycles. The normalized spacial score (nSPS) is 11.9. The molecular formula is C23H25ClN6O. The molecule has 0 aliphatic heterocycles. The Kier molecular flexibility index (Phi) is 7.56. The predicted molar refractivity (Wildman–Crippen MR) is 127 cm³/mol. The highest BCUT2D eigenvalue weighted by molar-refractivity contribution is 6.30. The molecule has 0 aliphatic rings. The lowest BCUT2D eigenvalue weighted by Gasteiger charge is -2.17. The summed E-state index contributed by atoms with van der Waals surface area (Å²) >= 11 is 5.92. The van der Waals surface area contributed by atoms with E-state index in [0.717, 1.165) is 17.7 Å². The molecule has 3 N–H and O–H groups in total.